The molecule has 2 rings (SSSR count). The van der Waals surface area contributed by atoms with E-state index < -0.39 is 12.2 Å². The summed E-state index contributed by atoms with van der Waals surface area (Å²) in [4.78, 5) is 0. The molecule has 2 aliphatic rings. The molecule has 5 atom stereocenters. The number of aliphatic hydroxyl groups excluding tert-OH is 2. The highest BCUT2D eigenvalue weighted by molar-refractivity contribution is 5.00. The maximum Gasteiger partial charge on any atom is 0.187 e. The summed E-state index contributed by atoms with van der Waals surface area (Å²) in [5.74, 6) is 0. The first kappa shape index (κ1) is 9.40. The summed E-state index contributed by atoms with van der Waals surface area (Å²) < 4.78 is 10.5. The Morgan fingerprint density at radius 1 is 1.00 bits per heavy atom. The lowest BCUT2D eigenvalue weighted by Gasteiger charge is -2.37. The van der Waals surface area contributed by atoms with Crippen molar-refractivity contribution in [2.45, 2.75) is 51.5 Å². The van der Waals surface area contributed by atoms with Gasteiger partial charge in [0.15, 0.2) is 6.29 Å². The van der Waals surface area contributed by atoms with Crippen molar-refractivity contribution >= 4 is 0 Å². The molecule has 0 aliphatic carbocycles. The van der Waals surface area contributed by atoms with E-state index in [0.29, 0.717) is 0 Å². The topological polar surface area (TPSA) is 62.2 Å². The lowest BCUT2D eigenvalue weighted by Crippen LogP contribution is -2.52. The molecule has 2 N–H and O–H groups in total. The average Bonchev–Trinajstić information content (AvgIpc) is 2.73. The Kier molecular flexibility index (Phi) is 1.93. The van der Waals surface area contributed by atoms with E-state index >= 15 is 0 Å². The predicted octanol–water partition coefficient (Wildman–Crippen LogP) is -0.122. The van der Waals surface area contributed by atoms with E-state index in [9.17, 15) is 10.2 Å². The van der Waals surface area contributed by atoms with Crippen LogP contribution in [0.25, 0.3) is 0 Å². The summed E-state index contributed by atoms with van der Waals surface area (Å²) in [6.45, 7) is 5.91. The van der Waals surface area contributed by atoms with Gasteiger partial charge in [0.2, 0.25) is 0 Å². The summed E-state index contributed by atoms with van der Waals surface area (Å²) >= 11 is 0. The van der Waals surface area contributed by atoms with E-state index in [4.69, 9.17) is 9.47 Å². The first-order valence-electron chi connectivity index (χ1n) is 4.58. The number of epoxide rings is 1. The summed E-state index contributed by atoms with van der Waals surface area (Å²) in [6.07, 6.45) is -2.62. The van der Waals surface area contributed by atoms with Gasteiger partial charge in [-0.15, -0.1) is 0 Å². The molecule has 2 heterocycles. The third-order valence-electron chi connectivity index (χ3n) is 2.61. The van der Waals surface area contributed by atoms with Crippen LogP contribution in [0.2, 0.25) is 0 Å². The Balaban J connectivity index is 2.12. The minimum atomic E-state index is -0.844. The van der Waals surface area contributed by atoms with E-state index in [1.807, 2.05) is 20.8 Å². The third-order valence-corrected chi connectivity index (χ3v) is 2.61. The van der Waals surface area contributed by atoms with Gasteiger partial charge in [0.25, 0.3) is 0 Å². The van der Waals surface area contributed by atoms with Gasteiger partial charge in [0, 0.05) is 0 Å². The fraction of sp³-hybridized carbons (Fsp3) is 1.00. The molecule has 2 saturated heterocycles. The first-order chi connectivity index (χ1) is 5.91. The van der Waals surface area contributed by atoms with Gasteiger partial charge in [-0.25, -0.2) is 0 Å². The van der Waals surface area contributed by atoms with Gasteiger partial charge in [0.1, 0.15) is 18.3 Å². The molecule has 2 aliphatic heterocycles. The molecule has 4 heteroatoms. The lowest BCUT2D eigenvalue weighted by atomic mass is 9.82. The highest BCUT2D eigenvalue weighted by atomic mass is 16.8. The van der Waals surface area contributed by atoms with Gasteiger partial charge in [-0.3, -0.25) is 0 Å². The summed E-state index contributed by atoms with van der Waals surface area (Å²) in [5, 5.41) is 19.3. The van der Waals surface area contributed by atoms with E-state index in [2.05, 4.69) is 0 Å². The standard InChI is InChI=1S/C9H16O4/c1-9(2,3)7-5(11)4(10)6-8(12-6)13-7/h4-8,10-11H,1-3H3/t4?,5-,6+,7+,8?/m0/s1. The van der Waals surface area contributed by atoms with Crippen molar-refractivity contribution in [3.63, 3.8) is 0 Å². The second-order valence-corrected chi connectivity index (χ2v) is 4.87. The normalized spacial score (nSPS) is 50.1. The van der Waals surface area contributed by atoms with Crippen LogP contribution in [0.1, 0.15) is 20.8 Å². The zero-order valence-corrected chi connectivity index (χ0v) is 8.10. The highest BCUT2D eigenvalue weighted by Crippen LogP contribution is 2.41. The van der Waals surface area contributed by atoms with Crippen molar-refractivity contribution in [1.82, 2.24) is 0 Å². The largest absolute Gasteiger partial charge is 0.388 e. The van der Waals surface area contributed by atoms with Gasteiger partial charge in [-0.05, 0) is 5.41 Å². The number of hydrogen-bond donors (Lipinski definition) is 2. The van der Waals surface area contributed by atoms with Crippen molar-refractivity contribution in [1.29, 1.82) is 0 Å². The molecule has 2 unspecified atom stereocenters. The Labute approximate surface area is 77.5 Å². The molecule has 0 saturated carbocycles. The van der Waals surface area contributed by atoms with E-state index in [1.54, 1.807) is 0 Å². The Morgan fingerprint density at radius 3 is 2.15 bits per heavy atom. The minimum Gasteiger partial charge on any atom is -0.388 e. The molecule has 0 amide bonds. The zero-order chi connectivity index (χ0) is 9.80. The molecular weight excluding hydrogens is 172 g/mol. The summed E-state index contributed by atoms with van der Waals surface area (Å²) in [7, 11) is 0. The van der Waals surface area contributed by atoms with Crippen LogP contribution in [0.15, 0.2) is 0 Å². The summed E-state index contributed by atoms with van der Waals surface area (Å²) in [5.41, 5.74) is -0.183. The summed E-state index contributed by atoms with van der Waals surface area (Å²) in [6, 6.07) is 0. The van der Waals surface area contributed by atoms with E-state index in [-0.39, 0.29) is 23.9 Å². The van der Waals surface area contributed by atoms with Gasteiger partial charge < -0.3 is 19.7 Å². The van der Waals surface area contributed by atoms with Crippen LogP contribution >= 0.6 is 0 Å². The van der Waals surface area contributed by atoms with E-state index in [0.717, 1.165) is 0 Å². The predicted molar refractivity (Wildman–Crippen MR) is 45.0 cm³/mol. The number of fused-ring (bicyclic) bond motifs is 1. The first-order valence-corrected chi connectivity index (χ1v) is 4.58. The molecule has 0 radical (unpaired) electrons. The Hall–Kier alpha value is -0.160. The van der Waals surface area contributed by atoms with Crippen LogP contribution in [-0.2, 0) is 9.47 Å². The van der Waals surface area contributed by atoms with Gasteiger partial charge >= 0.3 is 0 Å². The SMILES string of the molecule is CC(C)(C)[C@@H]1OC2O[C@@H]2C(O)[C@@H]1O. The monoisotopic (exact) mass is 188 g/mol. The smallest absolute Gasteiger partial charge is 0.187 e. The Bertz CT molecular complexity index is 210. The number of rotatable bonds is 0. The molecule has 4 nitrogen and oxygen atoms in total. The van der Waals surface area contributed by atoms with Gasteiger partial charge in [-0.1, -0.05) is 20.8 Å². The number of aliphatic hydroxyl groups is 2. The third kappa shape index (κ3) is 1.48. The number of ether oxygens (including phenoxy) is 2. The molecular formula is C9H16O4. The van der Waals surface area contributed by atoms with Crippen LogP contribution in [-0.4, -0.2) is 40.9 Å². The van der Waals surface area contributed by atoms with Crippen molar-refractivity contribution in [2.24, 2.45) is 5.41 Å². The van der Waals surface area contributed by atoms with Crippen LogP contribution < -0.4 is 0 Å². The van der Waals surface area contributed by atoms with Crippen molar-refractivity contribution in [2.75, 3.05) is 0 Å². The Morgan fingerprint density at radius 2 is 1.62 bits per heavy atom. The average molecular weight is 188 g/mol. The maximum atomic E-state index is 9.72. The fourth-order valence-corrected chi connectivity index (χ4v) is 1.78. The molecule has 0 spiro atoms. The molecule has 0 aromatic heterocycles. The van der Waals surface area contributed by atoms with Crippen LogP contribution in [0.5, 0.6) is 0 Å². The quantitative estimate of drug-likeness (QED) is 0.520. The van der Waals surface area contributed by atoms with Crippen LogP contribution in [0, 0.1) is 5.41 Å². The second-order valence-electron chi connectivity index (χ2n) is 4.87. The molecule has 76 valence electrons. The van der Waals surface area contributed by atoms with Crippen LogP contribution in [0.3, 0.4) is 0 Å². The lowest BCUT2D eigenvalue weighted by molar-refractivity contribution is -0.166. The van der Waals surface area contributed by atoms with Gasteiger partial charge in [-0.2, -0.15) is 0 Å². The second kappa shape index (κ2) is 2.67. The molecule has 2 fully saturated rings. The van der Waals surface area contributed by atoms with Crippen molar-refractivity contribution < 1.29 is 19.7 Å². The van der Waals surface area contributed by atoms with E-state index in [1.165, 1.54) is 0 Å². The molecule has 0 aromatic carbocycles. The number of hydrogen-bond acceptors (Lipinski definition) is 4. The molecule has 0 bridgehead atoms. The van der Waals surface area contributed by atoms with Crippen LogP contribution in [0.4, 0.5) is 0 Å². The molecule has 0 aromatic rings. The minimum absolute atomic E-state index is 0.183. The maximum absolute atomic E-state index is 9.72. The van der Waals surface area contributed by atoms with Gasteiger partial charge in [0.05, 0.1) is 6.10 Å². The molecule has 13 heavy (non-hydrogen) atoms. The van der Waals surface area contributed by atoms with Crippen molar-refractivity contribution in [3.8, 4) is 0 Å². The van der Waals surface area contributed by atoms with Crippen molar-refractivity contribution in [3.05, 3.63) is 0 Å². The highest BCUT2D eigenvalue weighted by Gasteiger charge is 2.58. The fourth-order valence-electron chi connectivity index (χ4n) is 1.78. The zero-order valence-electron chi connectivity index (χ0n) is 8.10.